The average Bonchev–Trinajstić information content (AvgIpc) is 3.31. The molecule has 0 saturated heterocycles. The number of halogens is 4. The van der Waals surface area contributed by atoms with E-state index in [-0.39, 0.29) is 41.8 Å². The van der Waals surface area contributed by atoms with Crippen LogP contribution in [0.15, 0.2) is 30.3 Å². The van der Waals surface area contributed by atoms with E-state index in [0.29, 0.717) is 16.3 Å². The van der Waals surface area contributed by atoms with Crippen LogP contribution in [0.1, 0.15) is 46.5 Å². The molecular formula is C31H33F4N5O2S. The molecule has 7 nitrogen and oxygen atoms in total. The molecule has 43 heavy (non-hydrogen) atoms. The number of carbonyl (C=O) groups is 1. The molecule has 0 bridgehead atoms. The first-order valence-electron chi connectivity index (χ1n) is 13.8. The molecule has 1 aromatic heterocycles. The Kier molecular flexibility index (Phi) is 10.4. The number of hydrogen-bond acceptors (Lipinski definition) is 7. The van der Waals surface area contributed by atoms with Gasteiger partial charge in [-0.15, -0.1) is 11.3 Å². The van der Waals surface area contributed by atoms with Crippen molar-refractivity contribution < 1.29 is 27.1 Å². The largest absolute Gasteiger partial charge is 0.477 e. The van der Waals surface area contributed by atoms with Gasteiger partial charge in [0.2, 0.25) is 0 Å². The number of thiophene rings is 1. The minimum absolute atomic E-state index is 0.0540. The second kappa shape index (κ2) is 14.0. The third-order valence-electron chi connectivity index (χ3n) is 7.38. The van der Waals surface area contributed by atoms with Crippen LogP contribution in [0.25, 0.3) is 10.1 Å². The lowest BCUT2D eigenvalue weighted by atomic mass is 9.90. The number of alkyl halides is 3. The minimum atomic E-state index is -4.42. The molecule has 0 spiro atoms. The molecule has 2 aromatic carbocycles. The number of nitrogens with one attached hydrogen (secondary N) is 3. The first-order chi connectivity index (χ1) is 20.5. The van der Waals surface area contributed by atoms with E-state index in [9.17, 15) is 22.4 Å². The highest BCUT2D eigenvalue weighted by atomic mass is 32.1. The number of amides is 1. The zero-order valence-corrected chi connectivity index (χ0v) is 24.9. The Bertz CT molecular complexity index is 1560. The maximum Gasteiger partial charge on any atom is 0.393 e. The lowest BCUT2D eigenvalue weighted by Gasteiger charge is -2.33. The third-order valence-corrected chi connectivity index (χ3v) is 8.58. The summed E-state index contributed by atoms with van der Waals surface area (Å²) in [6.45, 7) is -0.392. The van der Waals surface area contributed by atoms with Crippen molar-refractivity contribution in [1.82, 2.24) is 10.2 Å². The number of nitriles is 1. The van der Waals surface area contributed by atoms with Gasteiger partial charge in [0.1, 0.15) is 17.6 Å². The summed E-state index contributed by atoms with van der Waals surface area (Å²) >= 11 is 1.22. The van der Waals surface area contributed by atoms with Crippen LogP contribution in [-0.2, 0) is 6.42 Å². The highest BCUT2D eigenvalue weighted by Gasteiger charge is 2.31. The van der Waals surface area contributed by atoms with Gasteiger partial charge >= 0.3 is 6.18 Å². The van der Waals surface area contributed by atoms with Crippen LogP contribution < -0.4 is 20.7 Å². The Hall–Kier alpha value is -4.00. The van der Waals surface area contributed by atoms with Crippen molar-refractivity contribution in [2.24, 2.45) is 0 Å². The number of carbonyl (C=O) groups excluding carboxylic acids is 1. The number of ether oxygens (including phenoxy) is 1. The SMILES string of the molecule is CNC(=O)c1cc(OCC#N)c(NCC#Cc2sc3c(NC4CCC(N(C)C)CC4)cccc3c2CC(F)(F)F)cc1F. The Balaban J connectivity index is 1.59. The summed E-state index contributed by atoms with van der Waals surface area (Å²) in [5.41, 5.74) is 0.816. The van der Waals surface area contributed by atoms with Gasteiger partial charge < -0.3 is 25.6 Å². The summed E-state index contributed by atoms with van der Waals surface area (Å²) in [6.07, 6.45) is -1.48. The van der Waals surface area contributed by atoms with E-state index in [1.54, 1.807) is 12.1 Å². The van der Waals surface area contributed by atoms with Gasteiger partial charge in [-0.2, -0.15) is 18.4 Å². The maximum atomic E-state index is 14.6. The van der Waals surface area contributed by atoms with Gasteiger partial charge in [-0.1, -0.05) is 24.0 Å². The van der Waals surface area contributed by atoms with Crippen molar-refractivity contribution in [1.29, 1.82) is 5.26 Å². The second-order valence-corrected chi connectivity index (χ2v) is 11.5. The van der Waals surface area contributed by atoms with Crippen molar-refractivity contribution in [2.45, 2.75) is 50.4 Å². The van der Waals surface area contributed by atoms with Crippen LogP contribution >= 0.6 is 11.3 Å². The molecule has 0 atom stereocenters. The Morgan fingerprint density at radius 1 is 1.16 bits per heavy atom. The normalized spacial score (nSPS) is 16.7. The van der Waals surface area contributed by atoms with E-state index in [4.69, 9.17) is 10.00 Å². The molecule has 1 aliphatic rings. The highest BCUT2D eigenvalue weighted by molar-refractivity contribution is 7.20. The monoisotopic (exact) mass is 615 g/mol. The average molecular weight is 616 g/mol. The van der Waals surface area contributed by atoms with Crippen LogP contribution in [0, 0.1) is 29.0 Å². The van der Waals surface area contributed by atoms with E-state index >= 15 is 0 Å². The van der Waals surface area contributed by atoms with Crippen LogP contribution in [-0.4, -0.2) is 63.4 Å². The lowest BCUT2D eigenvalue weighted by Crippen LogP contribution is -2.36. The summed E-state index contributed by atoms with van der Waals surface area (Å²) in [5, 5.41) is 18.2. The molecule has 1 fully saturated rings. The molecule has 0 aliphatic heterocycles. The van der Waals surface area contributed by atoms with Crippen LogP contribution in [0.3, 0.4) is 0 Å². The molecule has 0 unspecified atom stereocenters. The first-order valence-corrected chi connectivity index (χ1v) is 14.6. The minimum Gasteiger partial charge on any atom is -0.477 e. The fourth-order valence-electron chi connectivity index (χ4n) is 5.21. The fourth-order valence-corrected chi connectivity index (χ4v) is 6.38. The summed E-state index contributed by atoms with van der Waals surface area (Å²) < 4.78 is 61.6. The number of fused-ring (bicyclic) bond motifs is 1. The van der Waals surface area contributed by atoms with Crippen molar-refractivity contribution in [2.75, 3.05) is 44.9 Å². The van der Waals surface area contributed by atoms with Gasteiger partial charge in [-0.05, 0) is 62.9 Å². The highest BCUT2D eigenvalue weighted by Crippen LogP contribution is 2.40. The van der Waals surface area contributed by atoms with Crippen LogP contribution in [0.4, 0.5) is 28.9 Å². The summed E-state index contributed by atoms with van der Waals surface area (Å²) in [6, 6.07) is 10.2. The summed E-state index contributed by atoms with van der Waals surface area (Å²) in [4.78, 5) is 14.5. The summed E-state index contributed by atoms with van der Waals surface area (Å²) in [5.74, 6) is 4.31. The Labute approximate surface area is 252 Å². The standard InChI is InChI=1S/C31H33F4N5O2S/c1-37-30(41)22-16-27(42-15-13-36)26(17-24(22)32)38-14-5-8-28-23(18-31(33,34)35)21-6-4-7-25(29(21)43-28)39-19-9-11-20(12-10-19)40(2)3/h4,6-7,16-17,19-20,38-39H,9-12,14-15,18H2,1-3H3,(H,37,41). The number of benzene rings is 2. The third kappa shape index (κ3) is 8.09. The molecule has 0 radical (unpaired) electrons. The molecule has 1 saturated carbocycles. The van der Waals surface area contributed by atoms with Crippen LogP contribution in [0.2, 0.25) is 0 Å². The smallest absolute Gasteiger partial charge is 0.393 e. The van der Waals surface area contributed by atoms with Crippen LogP contribution in [0.5, 0.6) is 5.75 Å². The first kappa shape index (κ1) is 31.9. The molecule has 1 heterocycles. The molecule has 3 N–H and O–H groups in total. The number of rotatable bonds is 9. The molecule has 1 amide bonds. The zero-order chi connectivity index (χ0) is 31.1. The van der Waals surface area contributed by atoms with Gasteiger partial charge in [0.15, 0.2) is 6.61 Å². The molecular weight excluding hydrogens is 582 g/mol. The van der Waals surface area contributed by atoms with Gasteiger partial charge in [0.05, 0.1) is 39.5 Å². The molecule has 228 valence electrons. The number of anilines is 2. The topological polar surface area (TPSA) is 89.4 Å². The van der Waals surface area contributed by atoms with E-state index < -0.39 is 24.3 Å². The molecule has 4 rings (SSSR count). The lowest BCUT2D eigenvalue weighted by molar-refractivity contribution is -0.126. The Morgan fingerprint density at radius 3 is 2.56 bits per heavy atom. The van der Waals surface area contributed by atoms with Crippen molar-refractivity contribution in [3.05, 3.63) is 52.2 Å². The summed E-state index contributed by atoms with van der Waals surface area (Å²) in [7, 11) is 5.51. The van der Waals surface area contributed by atoms with E-state index in [0.717, 1.165) is 42.1 Å². The molecule has 12 heteroatoms. The fraction of sp³-hybridized carbons (Fsp3) is 0.419. The van der Waals surface area contributed by atoms with Gasteiger partial charge in [-0.3, -0.25) is 4.79 Å². The molecule has 3 aromatic rings. The quantitative estimate of drug-likeness (QED) is 0.198. The van der Waals surface area contributed by atoms with Crippen molar-refractivity contribution in [3.63, 3.8) is 0 Å². The number of nitrogens with zero attached hydrogens (tertiary/aromatic N) is 2. The predicted octanol–water partition coefficient (Wildman–Crippen LogP) is 6.16. The maximum absolute atomic E-state index is 14.6. The van der Waals surface area contributed by atoms with E-state index in [1.807, 2.05) is 12.1 Å². The zero-order valence-electron chi connectivity index (χ0n) is 24.1. The Morgan fingerprint density at radius 2 is 1.91 bits per heavy atom. The predicted molar refractivity (Wildman–Crippen MR) is 161 cm³/mol. The number of hydrogen-bond donors (Lipinski definition) is 3. The van der Waals surface area contributed by atoms with E-state index in [1.165, 1.54) is 24.5 Å². The van der Waals surface area contributed by atoms with Gasteiger partial charge in [-0.25, -0.2) is 4.39 Å². The van der Waals surface area contributed by atoms with Gasteiger partial charge in [0, 0.05) is 25.2 Å². The van der Waals surface area contributed by atoms with E-state index in [2.05, 4.69) is 46.8 Å². The van der Waals surface area contributed by atoms with Crippen molar-refractivity contribution in [3.8, 4) is 23.7 Å². The molecule has 1 aliphatic carbocycles. The van der Waals surface area contributed by atoms with Gasteiger partial charge in [0.25, 0.3) is 5.91 Å². The second-order valence-electron chi connectivity index (χ2n) is 10.5. The van der Waals surface area contributed by atoms with Crippen molar-refractivity contribution >= 4 is 38.7 Å².